The number of thiophene rings is 1. The summed E-state index contributed by atoms with van der Waals surface area (Å²) in [7, 11) is 0. The number of likely N-dealkylation sites (tertiary alicyclic amines) is 1. The van der Waals surface area contributed by atoms with E-state index in [4.69, 9.17) is 4.42 Å². The molecule has 3 aromatic rings. The summed E-state index contributed by atoms with van der Waals surface area (Å²) in [5.74, 6) is 0.436. The van der Waals surface area contributed by atoms with Crippen molar-refractivity contribution in [3.8, 4) is 0 Å². The zero-order valence-electron chi connectivity index (χ0n) is 17.5. The molecule has 0 unspecified atom stereocenters. The van der Waals surface area contributed by atoms with Crippen molar-refractivity contribution in [3.63, 3.8) is 0 Å². The third kappa shape index (κ3) is 4.47. The monoisotopic (exact) mass is 410 g/mol. The van der Waals surface area contributed by atoms with Crippen LogP contribution in [0.15, 0.2) is 44.9 Å². The van der Waals surface area contributed by atoms with Gasteiger partial charge in [-0.3, -0.25) is 4.90 Å². The second-order valence-electron chi connectivity index (χ2n) is 8.36. The van der Waals surface area contributed by atoms with E-state index in [9.17, 15) is 4.79 Å². The van der Waals surface area contributed by atoms with Crippen LogP contribution in [0.5, 0.6) is 0 Å². The molecule has 4 rings (SSSR count). The molecule has 0 bridgehead atoms. The number of nitrogens with one attached hydrogen (secondary N) is 1. The second kappa shape index (κ2) is 8.82. The fourth-order valence-electron chi connectivity index (χ4n) is 4.45. The van der Waals surface area contributed by atoms with E-state index in [1.807, 2.05) is 17.4 Å². The Kier molecular flexibility index (Phi) is 6.18. The predicted octanol–water partition coefficient (Wildman–Crippen LogP) is 5.21. The number of benzene rings is 1. The van der Waals surface area contributed by atoms with E-state index in [0.717, 1.165) is 17.5 Å². The smallest absolute Gasteiger partial charge is 0.336 e. The molecule has 0 spiro atoms. The molecule has 1 fully saturated rings. The van der Waals surface area contributed by atoms with Gasteiger partial charge in [-0.1, -0.05) is 19.9 Å². The molecule has 1 aromatic carbocycles. The molecule has 0 aliphatic carbocycles. The van der Waals surface area contributed by atoms with Gasteiger partial charge in [0.1, 0.15) is 5.58 Å². The molecule has 4 nitrogen and oxygen atoms in total. The van der Waals surface area contributed by atoms with Crippen LogP contribution in [0.4, 0.5) is 0 Å². The average Bonchev–Trinajstić information content (AvgIpc) is 3.38. The van der Waals surface area contributed by atoms with Gasteiger partial charge in [0.05, 0.1) is 6.04 Å². The highest BCUT2D eigenvalue weighted by atomic mass is 32.1. The van der Waals surface area contributed by atoms with Gasteiger partial charge in [-0.15, -0.1) is 11.3 Å². The molecule has 1 N–H and O–H groups in total. The van der Waals surface area contributed by atoms with Crippen LogP contribution >= 0.6 is 11.3 Å². The van der Waals surface area contributed by atoms with Gasteiger partial charge in [-0.2, -0.15) is 0 Å². The zero-order valence-corrected chi connectivity index (χ0v) is 18.3. The van der Waals surface area contributed by atoms with Crippen molar-refractivity contribution in [2.45, 2.75) is 52.1 Å². The molecule has 0 radical (unpaired) electrons. The molecule has 5 heteroatoms. The number of rotatable bonds is 7. The van der Waals surface area contributed by atoms with E-state index in [2.05, 4.69) is 54.6 Å². The van der Waals surface area contributed by atoms with Gasteiger partial charge in [0.2, 0.25) is 0 Å². The highest BCUT2D eigenvalue weighted by Crippen LogP contribution is 2.29. The maximum atomic E-state index is 12.1. The zero-order chi connectivity index (χ0) is 20.4. The lowest BCUT2D eigenvalue weighted by atomic mass is 9.95. The summed E-state index contributed by atoms with van der Waals surface area (Å²) in [5.41, 5.74) is 3.91. The minimum Gasteiger partial charge on any atom is -0.423 e. The largest absolute Gasteiger partial charge is 0.423 e. The molecule has 3 heterocycles. The van der Waals surface area contributed by atoms with Crippen molar-refractivity contribution < 1.29 is 4.42 Å². The topological polar surface area (TPSA) is 45.5 Å². The Hall–Kier alpha value is -1.95. The Bertz CT molecular complexity index is 1020. The quantitative estimate of drug-likeness (QED) is 0.543. The third-order valence-corrected chi connectivity index (χ3v) is 6.92. The van der Waals surface area contributed by atoms with E-state index in [1.165, 1.54) is 41.9 Å². The van der Waals surface area contributed by atoms with Crippen LogP contribution in [-0.2, 0) is 6.54 Å². The molecule has 1 atom stereocenters. The second-order valence-corrected chi connectivity index (χ2v) is 9.33. The molecule has 2 aromatic heterocycles. The van der Waals surface area contributed by atoms with Gasteiger partial charge in [-0.25, -0.2) is 4.79 Å². The number of hydrogen-bond donors (Lipinski definition) is 1. The molecule has 29 heavy (non-hydrogen) atoms. The molecule has 1 aliphatic rings. The number of aryl methyl sites for hydroxylation is 1. The Labute approximate surface area is 176 Å². The van der Waals surface area contributed by atoms with Crippen molar-refractivity contribution in [2.24, 2.45) is 0 Å². The SMILES string of the molecule is Cc1cc2oc(=O)cc(CNC[C@@H](c3cccs3)N3CCCC3)c2cc1C(C)C. The number of hydrogen-bond acceptors (Lipinski definition) is 5. The first kappa shape index (κ1) is 20.3. The summed E-state index contributed by atoms with van der Waals surface area (Å²) < 4.78 is 5.50. The van der Waals surface area contributed by atoms with E-state index in [1.54, 1.807) is 6.07 Å². The van der Waals surface area contributed by atoms with E-state index >= 15 is 0 Å². The van der Waals surface area contributed by atoms with Crippen LogP contribution in [0.1, 0.15) is 60.2 Å². The Morgan fingerprint density at radius 1 is 1.21 bits per heavy atom. The van der Waals surface area contributed by atoms with Gasteiger partial charge in [0.25, 0.3) is 0 Å². The summed E-state index contributed by atoms with van der Waals surface area (Å²) in [6, 6.07) is 10.6. The molecule has 0 amide bonds. The van der Waals surface area contributed by atoms with Crippen molar-refractivity contribution in [2.75, 3.05) is 19.6 Å². The highest BCUT2D eigenvalue weighted by molar-refractivity contribution is 7.10. The van der Waals surface area contributed by atoms with Crippen LogP contribution in [0.2, 0.25) is 0 Å². The summed E-state index contributed by atoms with van der Waals surface area (Å²) in [4.78, 5) is 16.1. The summed E-state index contributed by atoms with van der Waals surface area (Å²) in [5, 5.41) is 6.83. The molecule has 1 aliphatic heterocycles. The van der Waals surface area contributed by atoms with Crippen molar-refractivity contribution >= 4 is 22.3 Å². The normalized spacial score (nSPS) is 16.1. The van der Waals surface area contributed by atoms with Crippen molar-refractivity contribution in [3.05, 3.63) is 67.7 Å². The Balaban J connectivity index is 1.57. The lowest BCUT2D eigenvalue weighted by Gasteiger charge is -2.27. The minimum absolute atomic E-state index is 0.277. The summed E-state index contributed by atoms with van der Waals surface area (Å²) in [6.07, 6.45) is 2.56. The molecule has 1 saturated heterocycles. The van der Waals surface area contributed by atoms with Crippen LogP contribution in [-0.4, -0.2) is 24.5 Å². The van der Waals surface area contributed by atoms with E-state index < -0.39 is 0 Å². The van der Waals surface area contributed by atoms with Gasteiger partial charge in [0.15, 0.2) is 0 Å². The number of nitrogens with zero attached hydrogens (tertiary/aromatic N) is 1. The van der Waals surface area contributed by atoms with Crippen LogP contribution < -0.4 is 10.9 Å². The molecular formula is C24H30N2O2S. The average molecular weight is 411 g/mol. The highest BCUT2D eigenvalue weighted by Gasteiger charge is 2.24. The third-order valence-electron chi connectivity index (χ3n) is 5.95. The molecule has 154 valence electrons. The fourth-order valence-corrected chi connectivity index (χ4v) is 5.31. The first-order chi connectivity index (χ1) is 14.0. The molecular weight excluding hydrogens is 380 g/mol. The summed E-state index contributed by atoms with van der Waals surface area (Å²) >= 11 is 1.83. The molecule has 0 saturated carbocycles. The minimum atomic E-state index is -0.277. The van der Waals surface area contributed by atoms with Gasteiger partial charge in [-0.05, 0) is 79.0 Å². The first-order valence-corrected chi connectivity index (χ1v) is 11.5. The van der Waals surface area contributed by atoms with E-state index in [0.29, 0.717) is 24.1 Å². The van der Waals surface area contributed by atoms with Gasteiger partial charge in [0, 0.05) is 29.4 Å². The number of fused-ring (bicyclic) bond motifs is 1. The standard InChI is InChI=1S/C24H30N2O2S/c1-16(2)19-13-20-18(12-24(27)28-22(20)11-17(19)3)14-25-15-21(23-7-6-10-29-23)26-8-4-5-9-26/h6-7,10-13,16,21,25H,4-5,8-9,14-15H2,1-3H3/t21-/m0/s1. The van der Waals surface area contributed by atoms with Gasteiger partial charge >= 0.3 is 5.63 Å². The Morgan fingerprint density at radius 2 is 2.00 bits per heavy atom. The van der Waals surface area contributed by atoms with Crippen LogP contribution in [0, 0.1) is 6.92 Å². The van der Waals surface area contributed by atoms with Gasteiger partial charge < -0.3 is 9.73 Å². The Morgan fingerprint density at radius 3 is 2.69 bits per heavy atom. The van der Waals surface area contributed by atoms with Crippen LogP contribution in [0.25, 0.3) is 11.0 Å². The maximum absolute atomic E-state index is 12.1. The van der Waals surface area contributed by atoms with Crippen molar-refractivity contribution in [1.29, 1.82) is 0 Å². The fraction of sp³-hybridized carbons (Fsp3) is 0.458. The summed E-state index contributed by atoms with van der Waals surface area (Å²) in [6.45, 7) is 10.4. The lowest BCUT2D eigenvalue weighted by molar-refractivity contribution is 0.242. The van der Waals surface area contributed by atoms with Crippen LogP contribution in [0.3, 0.4) is 0 Å². The van der Waals surface area contributed by atoms with Crippen molar-refractivity contribution in [1.82, 2.24) is 10.2 Å². The van der Waals surface area contributed by atoms with E-state index in [-0.39, 0.29) is 5.63 Å². The predicted molar refractivity (Wildman–Crippen MR) is 121 cm³/mol. The maximum Gasteiger partial charge on any atom is 0.336 e. The first-order valence-electron chi connectivity index (χ1n) is 10.6. The lowest BCUT2D eigenvalue weighted by Crippen LogP contribution is -2.33.